The number of carbonyl (C=O) groups is 1. The second-order valence-electron chi connectivity index (χ2n) is 5.11. The van der Waals surface area contributed by atoms with Crippen molar-refractivity contribution in [1.82, 2.24) is 20.2 Å². The molecule has 2 aromatic rings. The number of aromatic nitrogens is 4. The molecule has 1 aliphatic rings. The van der Waals surface area contributed by atoms with Crippen molar-refractivity contribution in [2.45, 2.75) is 25.3 Å². The van der Waals surface area contributed by atoms with Crippen molar-refractivity contribution in [3.63, 3.8) is 0 Å². The lowest BCUT2D eigenvalue weighted by molar-refractivity contribution is -0.138. The zero-order chi connectivity index (χ0) is 15.0. The molecule has 1 aromatic heterocycles. The van der Waals surface area contributed by atoms with Gasteiger partial charge in [-0.15, -0.1) is 5.10 Å². The summed E-state index contributed by atoms with van der Waals surface area (Å²) in [6.45, 7) is 0. The van der Waals surface area contributed by atoms with Crippen LogP contribution >= 0.6 is 0 Å². The number of nitrogens with zero attached hydrogens (tertiary/aromatic N) is 4. The highest BCUT2D eigenvalue weighted by molar-refractivity contribution is 5.67. The molecule has 6 nitrogen and oxygen atoms in total. The molecule has 110 valence electrons. The number of benzene rings is 1. The molecule has 1 N–H and O–H groups in total. The van der Waals surface area contributed by atoms with Gasteiger partial charge in [0.2, 0.25) is 0 Å². The molecule has 1 saturated carbocycles. The maximum absolute atomic E-state index is 13.3. The Balaban J connectivity index is 2.01. The van der Waals surface area contributed by atoms with Crippen LogP contribution in [0.3, 0.4) is 0 Å². The maximum Gasteiger partial charge on any atom is 0.305 e. The molecule has 3 rings (SSSR count). The molecular formula is C13H12F2N4O2. The van der Waals surface area contributed by atoms with Crippen LogP contribution < -0.4 is 0 Å². The Morgan fingerprint density at radius 3 is 2.57 bits per heavy atom. The summed E-state index contributed by atoms with van der Waals surface area (Å²) in [5.74, 6) is -2.08. The maximum atomic E-state index is 13.3. The van der Waals surface area contributed by atoms with Gasteiger partial charge in [0.05, 0.1) is 12.5 Å². The van der Waals surface area contributed by atoms with Crippen molar-refractivity contribution < 1.29 is 18.7 Å². The van der Waals surface area contributed by atoms with E-state index >= 15 is 0 Å². The molecular weight excluding hydrogens is 282 g/mol. The minimum Gasteiger partial charge on any atom is -0.481 e. The van der Waals surface area contributed by atoms with Crippen molar-refractivity contribution in [2.75, 3.05) is 0 Å². The van der Waals surface area contributed by atoms with E-state index in [-0.39, 0.29) is 23.7 Å². The van der Waals surface area contributed by atoms with Gasteiger partial charge in [0, 0.05) is 11.6 Å². The Labute approximate surface area is 118 Å². The minimum atomic E-state index is -0.959. The number of tetrazole rings is 1. The highest BCUT2D eigenvalue weighted by Crippen LogP contribution is 2.42. The Morgan fingerprint density at radius 1 is 1.33 bits per heavy atom. The third-order valence-corrected chi connectivity index (χ3v) is 3.48. The van der Waals surface area contributed by atoms with E-state index in [9.17, 15) is 13.6 Å². The minimum absolute atomic E-state index is 0.124. The fourth-order valence-corrected chi connectivity index (χ4v) is 2.40. The number of carboxylic acid groups (broad SMARTS) is 1. The number of rotatable bonds is 5. The lowest BCUT2D eigenvalue weighted by Crippen LogP contribution is -2.18. The number of halogens is 2. The van der Waals surface area contributed by atoms with Crippen LogP contribution in [0.4, 0.5) is 8.78 Å². The lowest BCUT2D eigenvalue weighted by Gasteiger charge is -2.15. The standard InChI is InChI=1S/C13H12F2N4O2/c14-9-3-8(4-10(15)5-9)13-16-17-18-19(13)11(6-12(20)21)7-1-2-7/h3-5,7,11H,1-2,6H2,(H,20,21). The Hall–Kier alpha value is -2.38. The van der Waals surface area contributed by atoms with Gasteiger partial charge in [-0.05, 0) is 41.3 Å². The fraction of sp³-hybridized carbons (Fsp3) is 0.385. The van der Waals surface area contributed by atoms with Crippen molar-refractivity contribution in [1.29, 1.82) is 0 Å². The smallest absolute Gasteiger partial charge is 0.305 e. The third-order valence-electron chi connectivity index (χ3n) is 3.48. The molecule has 0 amide bonds. The van der Waals surface area contributed by atoms with Crippen molar-refractivity contribution in [3.05, 3.63) is 29.8 Å². The molecule has 1 aliphatic carbocycles. The second kappa shape index (κ2) is 5.19. The van der Waals surface area contributed by atoms with Gasteiger partial charge in [-0.3, -0.25) is 4.79 Å². The van der Waals surface area contributed by atoms with Gasteiger partial charge in [-0.2, -0.15) is 0 Å². The first-order valence-corrected chi connectivity index (χ1v) is 6.50. The summed E-state index contributed by atoms with van der Waals surface area (Å²) in [6.07, 6.45) is 1.67. The normalized spacial score (nSPS) is 15.9. The van der Waals surface area contributed by atoms with Crippen LogP contribution in [-0.2, 0) is 4.79 Å². The molecule has 0 spiro atoms. The van der Waals surface area contributed by atoms with E-state index < -0.39 is 23.6 Å². The average Bonchev–Trinajstić information content (AvgIpc) is 3.11. The summed E-state index contributed by atoms with van der Waals surface area (Å²) in [4.78, 5) is 11.0. The molecule has 1 aromatic carbocycles. The Morgan fingerprint density at radius 2 is 2.00 bits per heavy atom. The lowest BCUT2D eigenvalue weighted by atomic mass is 10.1. The molecule has 0 radical (unpaired) electrons. The molecule has 8 heteroatoms. The molecule has 1 unspecified atom stereocenters. The van der Waals surface area contributed by atoms with Crippen LogP contribution in [-0.4, -0.2) is 31.3 Å². The largest absolute Gasteiger partial charge is 0.481 e. The Kier molecular flexibility index (Phi) is 3.36. The van der Waals surface area contributed by atoms with Gasteiger partial charge in [0.1, 0.15) is 11.6 Å². The predicted molar refractivity (Wildman–Crippen MR) is 67.2 cm³/mol. The van der Waals surface area contributed by atoms with Crippen molar-refractivity contribution in [2.24, 2.45) is 5.92 Å². The van der Waals surface area contributed by atoms with E-state index in [0.717, 1.165) is 31.0 Å². The SMILES string of the molecule is O=C(O)CC(C1CC1)n1nnnc1-c1cc(F)cc(F)c1. The summed E-state index contributed by atoms with van der Waals surface area (Å²) in [5.41, 5.74) is 0.188. The fourth-order valence-electron chi connectivity index (χ4n) is 2.40. The van der Waals surface area contributed by atoms with E-state index in [1.54, 1.807) is 0 Å². The predicted octanol–water partition coefficient (Wildman–Crippen LogP) is 2.04. The van der Waals surface area contributed by atoms with Crippen molar-refractivity contribution in [3.8, 4) is 11.4 Å². The van der Waals surface area contributed by atoms with Gasteiger partial charge in [0.15, 0.2) is 5.82 Å². The molecule has 1 heterocycles. The number of aliphatic carboxylic acids is 1. The van der Waals surface area contributed by atoms with Gasteiger partial charge in [-0.1, -0.05) is 0 Å². The topological polar surface area (TPSA) is 80.9 Å². The number of carboxylic acids is 1. The molecule has 0 aliphatic heterocycles. The molecule has 1 atom stereocenters. The van der Waals surface area contributed by atoms with Gasteiger partial charge >= 0.3 is 5.97 Å². The molecule has 0 saturated heterocycles. The summed E-state index contributed by atoms with van der Waals surface area (Å²) < 4.78 is 28.0. The average molecular weight is 294 g/mol. The second-order valence-corrected chi connectivity index (χ2v) is 5.11. The number of hydrogen-bond acceptors (Lipinski definition) is 4. The van der Waals surface area contributed by atoms with Crippen molar-refractivity contribution >= 4 is 5.97 Å². The van der Waals surface area contributed by atoms with E-state index in [2.05, 4.69) is 15.5 Å². The molecule has 0 bridgehead atoms. The van der Waals surface area contributed by atoms with Crippen LogP contribution in [0, 0.1) is 17.6 Å². The summed E-state index contributed by atoms with van der Waals surface area (Å²) in [7, 11) is 0. The van der Waals surface area contributed by atoms with E-state index in [4.69, 9.17) is 5.11 Å². The van der Waals surface area contributed by atoms with Crippen LogP contribution in [0.2, 0.25) is 0 Å². The third kappa shape index (κ3) is 2.88. The summed E-state index contributed by atoms with van der Waals surface area (Å²) in [5, 5.41) is 20.1. The Bertz CT molecular complexity index is 664. The van der Waals surface area contributed by atoms with Gasteiger partial charge in [0.25, 0.3) is 0 Å². The zero-order valence-electron chi connectivity index (χ0n) is 10.9. The summed E-state index contributed by atoms with van der Waals surface area (Å²) >= 11 is 0. The number of hydrogen-bond donors (Lipinski definition) is 1. The highest BCUT2D eigenvalue weighted by atomic mass is 19.1. The first-order chi connectivity index (χ1) is 10.0. The highest BCUT2D eigenvalue weighted by Gasteiger charge is 2.36. The van der Waals surface area contributed by atoms with Crippen LogP contribution in [0.15, 0.2) is 18.2 Å². The first kappa shape index (κ1) is 13.6. The van der Waals surface area contributed by atoms with E-state index in [1.807, 2.05) is 0 Å². The zero-order valence-corrected chi connectivity index (χ0v) is 10.9. The monoisotopic (exact) mass is 294 g/mol. The van der Waals surface area contributed by atoms with Crippen LogP contribution in [0.5, 0.6) is 0 Å². The first-order valence-electron chi connectivity index (χ1n) is 6.50. The van der Waals surface area contributed by atoms with E-state index in [1.165, 1.54) is 4.68 Å². The molecule has 21 heavy (non-hydrogen) atoms. The van der Waals surface area contributed by atoms with Gasteiger partial charge < -0.3 is 5.11 Å². The van der Waals surface area contributed by atoms with E-state index in [0.29, 0.717) is 0 Å². The van der Waals surface area contributed by atoms with Crippen LogP contribution in [0.1, 0.15) is 25.3 Å². The van der Waals surface area contributed by atoms with Gasteiger partial charge in [-0.25, -0.2) is 13.5 Å². The van der Waals surface area contributed by atoms with Crippen LogP contribution in [0.25, 0.3) is 11.4 Å². The molecule has 1 fully saturated rings. The summed E-state index contributed by atoms with van der Waals surface area (Å²) in [6, 6.07) is 2.60. The quantitative estimate of drug-likeness (QED) is 0.912.